The summed E-state index contributed by atoms with van der Waals surface area (Å²) in [5.74, 6) is -3.82. The topological polar surface area (TPSA) is 12.0 Å². The van der Waals surface area contributed by atoms with Gasteiger partial charge in [-0.15, -0.1) is 6.58 Å². The van der Waals surface area contributed by atoms with Crippen molar-refractivity contribution in [2.24, 2.45) is 0 Å². The molecule has 0 heterocycles. The van der Waals surface area contributed by atoms with E-state index in [-0.39, 0.29) is 5.69 Å². The van der Waals surface area contributed by atoms with Crippen LogP contribution in [0.15, 0.2) is 24.8 Å². The Balaban J connectivity index is 2.78. The zero-order chi connectivity index (χ0) is 10.6. The number of rotatable bonds is 4. The Kier molecular flexibility index (Phi) is 3.56. The monoisotopic (exact) mass is 201 g/mol. The van der Waals surface area contributed by atoms with Crippen LogP contribution in [-0.2, 0) is 0 Å². The molecular formula is C10H10F3N. The molecule has 0 amide bonds. The van der Waals surface area contributed by atoms with E-state index >= 15 is 0 Å². The van der Waals surface area contributed by atoms with Crippen molar-refractivity contribution >= 4 is 5.69 Å². The summed E-state index contributed by atoms with van der Waals surface area (Å²) < 4.78 is 38.2. The molecule has 1 nitrogen and oxygen atoms in total. The van der Waals surface area contributed by atoms with Gasteiger partial charge in [0.15, 0.2) is 17.5 Å². The molecule has 1 N–H and O–H groups in total. The van der Waals surface area contributed by atoms with E-state index in [1.807, 2.05) is 0 Å². The van der Waals surface area contributed by atoms with E-state index in [9.17, 15) is 13.2 Å². The third-order valence-electron chi connectivity index (χ3n) is 1.70. The lowest BCUT2D eigenvalue weighted by Crippen LogP contribution is -2.04. The van der Waals surface area contributed by atoms with Gasteiger partial charge < -0.3 is 5.32 Å². The molecule has 0 fully saturated rings. The predicted octanol–water partition coefficient (Wildman–Crippen LogP) is 3.09. The maximum absolute atomic E-state index is 13.0. The lowest BCUT2D eigenvalue weighted by atomic mass is 10.2. The van der Waals surface area contributed by atoms with Crippen molar-refractivity contribution in [1.82, 2.24) is 0 Å². The second-order valence-corrected chi connectivity index (χ2v) is 2.73. The molecule has 4 heteroatoms. The summed E-state index contributed by atoms with van der Waals surface area (Å²) in [5, 5.41) is 2.63. The van der Waals surface area contributed by atoms with E-state index in [1.54, 1.807) is 6.08 Å². The molecule has 0 saturated carbocycles. The maximum Gasteiger partial charge on any atom is 0.196 e. The van der Waals surface area contributed by atoms with Gasteiger partial charge in [0.25, 0.3) is 0 Å². The van der Waals surface area contributed by atoms with Crippen LogP contribution in [0.5, 0.6) is 0 Å². The molecular weight excluding hydrogens is 191 g/mol. The van der Waals surface area contributed by atoms with Gasteiger partial charge in [-0.3, -0.25) is 0 Å². The van der Waals surface area contributed by atoms with Crippen molar-refractivity contribution in [3.63, 3.8) is 0 Å². The van der Waals surface area contributed by atoms with Gasteiger partial charge in [0.2, 0.25) is 0 Å². The minimum atomic E-state index is -1.45. The third kappa shape index (κ3) is 2.28. The fourth-order valence-corrected chi connectivity index (χ4v) is 0.971. The largest absolute Gasteiger partial charge is 0.382 e. The van der Waals surface area contributed by atoms with Gasteiger partial charge in [-0.25, -0.2) is 13.2 Å². The Morgan fingerprint density at radius 1 is 1.21 bits per heavy atom. The molecule has 0 radical (unpaired) electrons. The van der Waals surface area contributed by atoms with Crippen LogP contribution < -0.4 is 5.32 Å². The molecule has 14 heavy (non-hydrogen) atoms. The Bertz CT molecular complexity index is 336. The van der Waals surface area contributed by atoms with Crippen molar-refractivity contribution in [1.29, 1.82) is 0 Å². The summed E-state index contributed by atoms with van der Waals surface area (Å²) >= 11 is 0. The quantitative estimate of drug-likeness (QED) is 0.448. The van der Waals surface area contributed by atoms with Crippen molar-refractivity contribution in [2.45, 2.75) is 6.42 Å². The Hall–Kier alpha value is -1.45. The zero-order valence-electron chi connectivity index (χ0n) is 7.49. The minimum Gasteiger partial charge on any atom is -0.382 e. The average Bonchev–Trinajstić information content (AvgIpc) is 2.18. The van der Waals surface area contributed by atoms with Crippen molar-refractivity contribution in [3.05, 3.63) is 42.2 Å². The highest BCUT2D eigenvalue weighted by molar-refractivity contribution is 5.45. The van der Waals surface area contributed by atoms with E-state index < -0.39 is 17.5 Å². The molecule has 0 aliphatic rings. The van der Waals surface area contributed by atoms with Gasteiger partial charge in [-0.1, -0.05) is 6.08 Å². The van der Waals surface area contributed by atoms with Crippen LogP contribution in [0.25, 0.3) is 0 Å². The molecule has 1 aromatic carbocycles. The van der Waals surface area contributed by atoms with E-state index in [1.165, 1.54) is 0 Å². The highest BCUT2D eigenvalue weighted by Crippen LogP contribution is 2.19. The molecule has 0 aliphatic carbocycles. The molecule has 1 rings (SSSR count). The standard InChI is InChI=1S/C10H10F3N/c1-2-3-6-14-8-5-4-7(11)9(12)10(8)13/h2,4-5,14H,1,3,6H2. The summed E-state index contributed by atoms with van der Waals surface area (Å²) in [5.41, 5.74) is -0.0363. The number of hydrogen-bond acceptors (Lipinski definition) is 1. The minimum absolute atomic E-state index is 0.0363. The first-order valence-corrected chi connectivity index (χ1v) is 4.15. The summed E-state index contributed by atoms with van der Waals surface area (Å²) in [7, 11) is 0. The Morgan fingerprint density at radius 3 is 2.57 bits per heavy atom. The van der Waals surface area contributed by atoms with Gasteiger partial charge in [0.1, 0.15) is 0 Å². The number of anilines is 1. The molecule has 0 unspecified atom stereocenters. The van der Waals surface area contributed by atoms with Crippen LogP contribution >= 0.6 is 0 Å². The maximum atomic E-state index is 13.0. The van der Waals surface area contributed by atoms with Crippen LogP contribution in [0.3, 0.4) is 0 Å². The molecule has 1 aromatic rings. The summed E-state index contributed by atoms with van der Waals surface area (Å²) in [6, 6.07) is 2.05. The lowest BCUT2D eigenvalue weighted by molar-refractivity contribution is 0.449. The molecule has 0 saturated heterocycles. The number of halogens is 3. The summed E-state index contributed by atoms with van der Waals surface area (Å²) in [6.07, 6.45) is 2.27. The normalized spacial score (nSPS) is 9.93. The number of nitrogens with one attached hydrogen (secondary N) is 1. The summed E-state index contributed by atoms with van der Waals surface area (Å²) in [4.78, 5) is 0. The zero-order valence-corrected chi connectivity index (χ0v) is 7.49. The number of hydrogen-bond donors (Lipinski definition) is 1. The van der Waals surface area contributed by atoms with Gasteiger partial charge >= 0.3 is 0 Å². The highest BCUT2D eigenvalue weighted by atomic mass is 19.2. The fourth-order valence-electron chi connectivity index (χ4n) is 0.971. The van der Waals surface area contributed by atoms with Crippen LogP contribution in [-0.4, -0.2) is 6.54 Å². The van der Waals surface area contributed by atoms with Gasteiger partial charge in [-0.05, 0) is 18.6 Å². The molecule has 76 valence electrons. The average molecular weight is 201 g/mol. The first-order chi connectivity index (χ1) is 6.66. The second kappa shape index (κ2) is 4.69. The molecule has 0 bridgehead atoms. The van der Waals surface area contributed by atoms with Crippen molar-refractivity contribution in [2.75, 3.05) is 11.9 Å². The SMILES string of the molecule is C=CCCNc1ccc(F)c(F)c1F. The molecule has 0 aromatic heterocycles. The Morgan fingerprint density at radius 2 is 1.93 bits per heavy atom. The molecule has 0 spiro atoms. The van der Waals surface area contributed by atoms with Crippen LogP contribution in [0.1, 0.15) is 6.42 Å². The lowest BCUT2D eigenvalue weighted by Gasteiger charge is -2.06. The smallest absolute Gasteiger partial charge is 0.196 e. The second-order valence-electron chi connectivity index (χ2n) is 2.73. The first kappa shape index (κ1) is 10.6. The predicted molar refractivity (Wildman–Crippen MR) is 49.6 cm³/mol. The summed E-state index contributed by atoms with van der Waals surface area (Å²) in [6.45, 7) is 3.91. The van der Waals surface area contributed by atoms with E-state index in [0.29, 0.717) is 13.0 Å². The Labute approximate surface area is 80.2 Å². The van der Waals surface area contributed by atoms with Crippen molar-refractivity contribution in [3.8, 4) is 0 Å². The van der Waals surface area contributed by atoms with E-state index in [4.69, 9.17) is 0 Å². The number of benzene rings is 1. The van der Waals surface area contributed by atoms with Crippen LogP contribution in [0, 0.1) is 17.5 Å². The first-order valence-electron chi connectivity index (χ1n) is 4.15. The van der Waals surface area contributed by atoms with Crippen molar-refractivity contribution < 1.29 is 13.2 Å². The van der Waals surface area contributed by atoms with Gasteiger partial charge in [-0.2, -0.15) is 0 Å². The fraction of sp³-hybridized carbons (Fsp3) is 0.200. The van der Waals surface area contributed by atoms with E-state index in [0.717, 1.165) is 12.1 Å². The molecule has 0 atom stereocenters. The third-order valence-corrected chi connectivity index (χ3v) is 1.70. The van der Waals surface area contributed by atoms with Gasteiger partial charge in [0, 0.05) is 6.54 Å². The highest BCUT2D eigenvalue weighted by Gasteiger charge is 2.12. The van der Waals surface area contributed by atoms with Crippen LogP contribution in [0.4, 0.5) is 18.9 Å². The molecule has 0 aliphatic heterocycles. The van der Waals surface area contributed by atoms with E-state index in [2.05, 4.69) is 11.9 Å². The van der Waals surface area contributed by atoms with Gasteiger partial charge in [0.05, 0.1) is 5.69 Å². The van der Waals surface area contributed by atoms with Crippen LogP contribution in [0.2, 0.25) is 0 Å².